The first-order valence-electron chi connectivity index (χ1n) is 7.55. The molecule has 0 radical (unpaired) electrons. The highest BCUT2D eigenvalue weighted by Gasteiger charge is 2.32. The largest absolute Gasteiger partial charge is 0.456 e. The number of benzene rings is 1. The number of nitrogens with zero attached hydrogens (tertiary/aromatic N) is 2. The van der Waals surface area contributed by atoms with E-state index in [4.69, 9.17) is 4.74 Å². The maximum atomic E-state index is 12.2. The van der Waals surface area contributed by atoms with Gasteiger partial charge in [0.25, 0.3) is 0 Å². The van der Waals surface area contributed by atoms with E-state index in [9.17, 15) is 13.2 Å². The molecule has 1 aromatic carbocycles. The third-order valence-corrected chi connectivity index (χ3v) is 5.17. The molecule has 6 nitrogen and oxygen atoms in total. The van der Waals surface area contributed by atoms with Crippen LogP contribution >= 0.6 is 0 Å². The summed E-state index contributed by atoms with van der Waals surface area (Å²) in [7, 11) is -3.34. The van der Waals surface area contributed by atoms with Crippen molar-refractivity contribution in [1.29, 1.82) is 0 Å². The molecule has 0 bridgehead atoms. The Hall–Kier alpha value is -2.41. The Balaban J connectivity index is 1.77. The average Bonchev–Trinajstić information content (AvgIpc) is 2.88. The molecule has 3 rings (SSSR count). The monoisotopic (exact) mass is 346 g/mol. The van der Waals surface area contributed by atoms with Crippen LogP contribution in [-0.4, -0.2) is 31.7 Å². The van der Waals surface area contributed by atoms with E-state index in [0.717, 1.165) is 5.56 Å². The first kappa shape index (κ1) is 16.4. The molecule has 1 atom stereocenters. The van der Waals surface area contributed by atoms with Crippen molar-refractivity contribution in [3.63, 3.8) is 0 Å². The minimum atomic E-state index is -3.34. The van der Waals surface area contributed by atoms with Crippen LogP contribution < -0.4 is 4.31 Å². The smallest absolute Gasteiger partial charge is 0.338 e. The summed E-state index contributed by atoms with van der Waals surface area (Å²) >= 11 is 0. The number of hydrogen-bond donors (Lipinski definition) is 0. The lowest BCUT2D eigenvalue weighted by atomic mass is 10.1. The van der Waals surface area contributed by atoms with Gasteiger partial charge in [-0.25, -0.2) is 13.2 Å². The standard InChI is InChI=1S/C17H18N2O4S/c1-12-9-14-10-13(6-7-16(14)19(12)24(2,21)22)17(20)23-11-15-5-3-4-8-18-15/h3-8,10,12H,9,11H2,1-2H3/t12-/m0/s1. The summed E-state index contributed by atoms with van der Waals surface area (Å²) in [6.07, 6.45) is 3.40. The number of carbonyl (C=O) groups excluding carboxylic acids is 1. The van der Waals surface area contributed by atoms with Crippen molar-refractivity contribution < 1.29 is 17.9 Å². The van der Waals surface area contributed by atoms with E-state index in [1.165, 1.54) is 10.6 Å². The molecular weight excluding hydrogens is 328 g/mol. The number of anilines is 1. The summed E-state index contributed by atoms with van der Waals surface area (Å²) in [5.74, 6) is -0.450. The van der Waals surface area contributed by atoms with Gasteiger partial charge in [-0.15, -0.1) is 0 Å². The van der Waals surface area contributed by atoms with Crippen molar-refractivity contribution in [2.24, 2.45) is 0 Å². The fourth-order valence-corrected chi connectivity index (χ4v) is 4.21. The van der Waals surface area contributed by atoms with Crippen LogP contribution in [0.15, 0.2) is 42.6 Å². The van der Waals surface area contributed by atoms with Crippen LogP contribution in [0.1, 0.15) is 28.5 Å². The summed E-state index contributed by atoms with van der Waals surface area (Å²) < 4.78 is 30.5. The van der Waals surface area contributed by atoms with Gasteiger partial charge in [-0.2, -0.15) is 0 Å². The maximum Gasteiger partial charge on any atom is 0.338 e. The van der Waals surface area contributed by atoms with Gasteiger partial charge in [-0.3, -0.25) is 9.29 Å². The van der Waals surface area contributed by atoms with Gasteiger partial charge in [-0.05, 0) is 49.2 Å². The van der Waals surface area contributed by atoms with E-state index in [-0.39, 0.29) is 12.6 Å². The van der Waals surface area contributed by atoms with Crippen LogP contribution in [0, 0.1) is 0 Å². The van der Waals surface area contributed by atoms with Crippen molar-refractivity contribution in [3.05, 3.63) is 59.4 Å². The molecule has 0 saturated heterocycles. The van der Waals surface area contributed by atoms with E-state index in [1.807, 2.05) is 13.0 Å². The van der Waals surface area contributed by atoms with Crippen molar-refractivity contribution in [3.8, 4) is 0 Å². The number of aromatic nitrogens is 1. The maximum absolute atomic E-state index is 12.2. The summed E-state index contributed by atoms with van der Waals surface area (Å²) in [4.78, 5) is 16.3. The lowest BCUT2D eigenvalue weighted by molar-refractivity contribution is 0.0467. The van der Waals surface area contributed by atoms with Gasteiger partial charge >= 0.3 is 5.97 Å². The number of rotatable bonds is 4. The second kappa shape index (κ2) is 6.24. The summed E-state index contributed by atoms with van der Waals surface area (Å²) in [5, 5.41) is 0. The minimum Gasteiger partial charge on any atom is -0.456 e. The zero-order chi connectivity index (χ0) is 17.3. The molecule has 1 aromatic heterocycles. The minimum absolute atomic E-state index is 0.0998. The highest BCUT2D eigenvalue weighted by Crippen LogP contribution is 2.34. The fourth-order valence-electron chi connectivity index (χ4n) is 2.94. The Morgan fingerprint density at radius 1 is 1.33 bits per heavy atom. The van der Waals surface area contributed by atoms with E-state index in [2.05, 4.69) is 4.98 Å². The predicted octanol–water partition coefficient (Wildman–Crippen LogP) is 2.15. The second-order valence-electron chi connectivity index (χ2n) is 5.85. The molecule has 0 spiro atoms. The van der Waals surface area contributed by atoms with Crippen LogP contribution in [0.2, 0.25) is 0 Å². The molecule has 126 valence electrons. The number of fused-ring (bicyclic) bond motifs is 1. The molecule has 0 fully saturated rings. The molecular formula is C17H18N2O4S. The third-order valence-electron chi connectivity index (χ3n) is 3.90. The molecule has 1 aliphatic rings. The quantitative estimate of drug-likeness (QED) is 0.793. The predicted molar refractivity (Wildman–Crippen MR) is 90.3 cm³/mol. The number of esters is 1. The average molecular weight is 346 g/mol. The van der Waals surface area contributed by atoms with Crippen LogP contribution in [0.4, 0.5) is 5.69 Å². The molecule has 0 saturated carbocycles. The molecule has 24 heavy (non-hydrogen) atoms. The molecule has 0 amide bonds. The van der Waals surface area contributed by atoms with E-state index >= 15 is 0 Å². The number of ether oxygens (including phenoxy) is 1. The molecule has 0 unspecified atom stereocenters. The Morgan fingerprint density at radius 2 is 2.12 bits per heavy atom. The third kappa shape index (κ3) is 3.26. The van der Waals surface area contributed by atoms with Gasteiger partial charge in [-0.1, -0.05) is 6.07 Å². The van der Waals surface area contributed by atoms with Crippen molar-refractivity contribution in [1.82, 2.24) is 4.98 Å². The van der Waals surface area contributed by atoms with E-state index in [0.29, 0.717) is 23.4 Å². The first-order chi connectivity index (χ1) is 11.4. The lowest BCUT2D eigenvalue weighted by Gasteiger charge is -2.21. The van der Waals surface area contributed by atoms with Gasteiger partial charge in [0.05, 0.1) is 23.2 Å². The SMILES string of the molecule is C[C@H]1Cc2cc(C(=O)OCc3ccccn3)ccc2N1S(C)(=O)=O. The zero-order valence-electron chi connectivity index (χ0n) is 13.5. The van der Waals surface area contributed by atoms with Crippen LogP contribution in [0.3, 0.4) is 0 Å². The Morgan fingerprint density at radius 3 is 2.79 bits per heavy atom. The van der Waals surface area contributed by atoms with Crippen LogP contribution in [0.5, 0.6) is 0 Å². The van der Waals surface area contributed by atoms with Gasteiger partial charge in [0.1, 0.15) is 6.61 Å². The molecule has 2 heterocycles. The van der Waals surface area contributed by atoms with Crippen LogP contribution in [0.25, 0.3) is 0 Å². The van der Waals surface area contributed by atoms with Crippen molar-refractivity contribution in [2.75, 3.05) is 10.6 Å². The highest BCUT2D eigenvalue weighted by molar-refractivity contribution is 7.92. The lowest BCUT2D eigenvalue weighted by Crippen LogP contribution is -2.34. The topological polar surface area (TPSA) is 76.6 Å². The summed E-state index contributed by atoms with van der Waals surface area (Å²) in [6.45, 7) is 1.95. The van der Waals surface area contributed by atoms with Crippen molar-refractivity contribution in [2.45, 2.75) is 26.0 Å². The molecule has 2 aromatic rings. The van der Waals surface area contributed by atoms with E-state index < -0.39 is 16.0 Å². The van der Waals surface area contributed by atoms with Gasteiger partial charge in [0, 0.05) is 12.2 Å². The molecule has 1 aliphatic heterocycles. The fraction of sp³-hybridized carbons (Fsp3) is 0.294. The van der Waals surface area contributed by atoms with Crippen LogP contribution in [-0.2, 0) is 27.8 Å². The number of sulfonamides is 1. The molecule has 0 N–H and O–H groups in total. The Bertz CT molecular complexity index is 865. The number of pyridine rings is 1. The van der Waals surface area contributed by atoms with Gasteiger partial charge in [0.2, 0.25) is 10.0 Å². The normalized spacial score (nSPS) is 16.8. The first-order valence-corrected chi connectivity index (χ1v) is 9.40. The zero-order valence-corrected chi connectivity index (χ0v) is 14.3. The Kier molecular flexibility index (Phi) is 4.28. The highest BCUT2D eigenvalue weighted by atomic mass is 32.2. The molecule has 0 aliphatic carbocycles. The van der Waals surface area contributed by atoms with Gasteiger partial charge in [0.15, 0.2) is 0 Å². The van der Waals surface area contributed by atoms with E-state index in [1.54, 1.807) is 36.5 Å². The Labute approximate surface area is 141 Å². The summed E-state index contributed by atoms with van der Waals surface area (Å²) in [5.41, 5.74) is 2.54. The molecule has 7 heteroatoms. The summed E-state index contributed by atoms with van der Waals surface area (Å²) in [6, 6.07) is 10.2. The second-order valence-corrected chi connectivity index (χ2v) is 7.71. The van der Waals surface area contributed by atoms with Gasteiger partial charge < -0.3 is 4.74 Å². The number of hydrogen-bond acceptors (Lipinski definition) is 5. The van der Waals surface area contributed by atoms with Crippen molar-refractivity contribution >= 4 is 21.7 Å². The number of carbonyl (C=O) groups is 1.